The van der Waals surface area contributed by atoms with Crippen molar-refractivity contribution in [2.75, 3.05) is 27.2 Å². The molecule has 0 unspecified atom stereocenters. The summed E-state index contributed by atoms with van der Waals surface area (Å²) in [6.45, 7) is 4.23. The van der Waals surface area contributed by atoms with Gasteiger partial charge in [-0.1, -0.05) is 0 Å². The van der Waals surface area contributed by atoms with E-state index in [2.05, 4.69) is 14.0 Å². The van der Waals surface area contributed by atoms with Gasteiger partial charge in [0.2, 0.25) is 5.91 Å². The molecule has 0 bridgehead atoms. The molecule has 0 spiro atoms. The second-order valence-electron chi connectivity index (χ2n) is 2.82. The first-order valence-electron chi connectivity index (χ1n) is 3.82. The van der Waals surface area contributed by atoms with Crippen LogP contribution in [0.3, 0.4) is 0 Å². The standard InChI is InChI=1S/C8H17N3O.Y/c1-5-11(4)8(12)7(6-9)10(2)3;/h7H,1,4-6,9H2,2-3H3;/q-2;/t7-;/m0./s1. The van der Waals surface area contributed by atoms with E-state index in [0.717, 1.165) is 0 Å². The summed E-state index contributed by atoms with van der Waals surface area (Å²) in [4.78, 5) is 14.5. The van der Waals surface area contributed by atoms with Crippen molar-refractivity contribution >= 4 is 5.91 Å². The Bertz CT molecular complexity index is 152. The summed E-state index contributed by atoms with van der Waals surface area (Å²) in [5, 5.41) is 0. The van der Waals surface area contributed by atoms with Gasteiger partial charge in [0.1, 0.15) is 0 Å². The Labute approximate surface area is 106 Å². The molecule has 0 aromatic rings. The molecule has 0 aliphatic heterocycles. The van der Waals surface area contributed by atoms with Crippen LogP contribution in [0.25, 0.3) is 0 Å². The van der Waals surface area contributed by atoms with E-state index >= 15 is 0 Å². The molecule has 0 aromatic carbocycles. The minimum Gasteiger partial charge on any atom is -0.520 e. The van der Waals surface area contributed by atoms with E-state index in [4.69, 9.17) is 5.73 Å². The number of nitrogens with zero attached hydrogens (tertiary/aromatic N) is 2. The van der Waals surface area contributed by atoms with Crippen LogP contribution in [0, 0.1) is 14.0 Å². The van der Waals surface area contributed by atoms with Crippen LogP contribution in [-0.4, -0.2) is 48.9 Å². The minimum absolute atomic E-state index is 0. The van der Waals surface area contributed by atoms with Gasteiger partial charge >= 0.3 is 0 Å². The summed E-state index contributed by atoms with van der Waals surface area (Å²) in [6.07, 6.45) is 0. The van der Waals surface area contributed by atoms with E-state index in [0.29, 0.717) is 13.1 Å². The van der Waals surface area contributed by atoms with Crippen molar-refractivity contribution in [3.8, 4) is 0 Å². The molecule has 1 amide bonds. The number of likely N-dealkylation sites (N-methyl/N-ethyl adjacent to an activating group) is 1. The molecule has 0 aromatic heterocycles. The normalized spacial score (nSPS) is 12.2. The van der Waals surface area contributed by atoms with Gasteiger partial charge in [0, 0.05) is 39.3 Å². The Morgan fingerprint density at radius 3 is 2.23 bits per heavy atom. The van der Waals surface area contributed by atoms with Crippen molar-refractivity contribution in [2.24, 2.45) is 5.73 Å². The van der Waals surface area contributed by atoms with Crippen LogP contribution in [0.4, 0.5) is 0 Å². The number of hydrogen-bond acceptors (Lipinski definition) is 3. The minimum atomic E-state index is -0.288. The zero-order valence-electron chi connectivity index (χ0n) is 8.36. The molecule has 0 aliphatic carbocycles. The molecule has 0 fully saturated rings. The van der Waals surface area contributed by atoms with Gasteiger partial charge in [-0.2, -0.15) is 0 Å². The summed E-state index contributed by atoms with van der Waals surface area (Å²) >= 11 is 0. The monoisotopic (exact) mass is 260 g/mol. The molecule has 0 saturated carbocycles. The number of carbonyl (C=O) groups excluding carboxylic acids is 1. The maximum Gasteiger partial charge on any atom is 0.210 e. The molecular weight excluding hydrogens is 243 g/mol. The molecule has 0 aliphatic rings. The number of carbonyl (C=O) groups is 1. The molecule has 0 rings (SSSR count). The summed E-state index contributed by atoms with van der Waals surface area (Å²) in [7, 11) is 7.17. The van der Waals surface area contributed by atoms with Crippen molar-refractivity contribution in [1.82, 2.24) is 9.80 Å². The first-order valence-corrected chi connectivity index (χ1v) is 3.82. The van der Waals surface area contributed by atoms with Gasteiger partial charge in [-0.15, -0.1) is 6.54 Å². The average Bonchev–Trinajstić information content (AvgIpc) is 2.03. The van der Waals surface area contributed by atoms with Crippen LogP contribution < -0.4 is 5.73 Å². The maximum atomic E-state index is 11.4. The number of nitrogens with two attached hydrogens (primary N) is 1. The van der Waals surface area contributed by atoms with Crippen molar-refractivity contribution in [3.63, 3.8) is 0 Å². The second-order valence-corrected chi connectivity index (χ2v) is 2.82. The molecular formula is C8H17N3OY-2. The fraction of sp³-hybridized carbons (Fsp3) is 0.625. The van der Waals surface area contributed by atoms with Gasteiger partial charge in [0.25, 0.3) is 0 Å². The van der Waals surface area contributed by atoms with Gasteiger partial charge in [0.05, 0.1) is 6.04 Å². The molecule has 1 atom stereocenters. The molecule has 75 valence electrons. The number of amides is 1. The summed E-state index contributed by atoms with van der Waals surface area (Å²) in [5.41, 5.74) is 5.43. The molecule has 5 heteroatoms. The third-order valence-electron chi connectivity index (χ3n) is 1.71. The van der Waals surface area contributed by atoms with E-state index in [1.165, 1.54) is 4.90 Å². The van der Waals surface area contributed by atoms with Crippen LogP contribution in [0.2, 0.25) is 0 Å². The van der Waals surface area contributed by atoms with E-state index in [1.807, 2.05) is 14.1 Å². The van der Waals surface area contributed by atoms with Gasteiger partial charge in [-0.05, 0) is 14.1 Å². The van der Waals surface area contributed by atoms with Crippen molar-refractivity contribution in [1.29, 1.82) is 0 Å². The van der Waals surface area contributed by atoms with E-state index < -0.39 is 0 Å². The Hall–Kier alpha value is 0.494. The zero-order valence-corrected chi connectivity index (χ0v) is 11.2. The fourth-order valence-electron chi connectivity index (χ4n) is 0.853. The van der Waals surface area contributed by atoms with E-state index in [-0.39, 0.29) is 44.7 Å². The summed E-state index contributed by atoms with van der Waals surface area (Å²) in [5.74, 6) is -0.0856. The van der Waals surface area contributed by atoms with E-state index in [9.17, 15) is 4.79 Å². The third-order valence-corrected chi connectivity index (χ3v) is 1.71. The predicted molar refractivity (Wildman–Crippen MR) is 49.0 cm³/mol. The van der Waals surface area contributed by atoms with Crippen molar-refractivity contribution in [3.05, 3.63) is 14.0 Å². The van der Waals surface area contributed by atoms with Gasteiger partial charge in [-0.3, -0.25) is 16.7 Å². The van der Waals surface area contributed by atoms with Crippen LogP contribution in [0.5, 0.6) is 0 Å². The topological polar surface area (TPSA) is 49.6 Å². The quantitative estimate of drug-likeness (QED) is 0.682. The smallest absolute Gasteiger partial charge is 0.210 e. The summed E-state index contributed by atoms with van der Waals surface area (Å²) < 4.78 is 0. The average molecular weight is 260 g/mol. The number of rotatable bonds is 4. The first-order chi connectivity index (χ1) is 5.54. The first kappa shape index (κ1) is 15.9. The maximum absolute atomic E-state index is 11.4. The molecule has 4 nitrogen and oxygen atoms in total. The Morgan fingerprint density at radius 2 is 2.00 bits per heavy atom. The largest absolute Gasteiger partial charge is 0.520 e. The van der Waals surface area contributed by atoms with Crippen LogP contribution >= 0.6 is 0 Å². The molecule has 1 radical (unpaired) electrons. The molecule has 0 saturated heterocycles. The van der Waals surface area contributed by atoms with Gasteiger partial charge in [-0.25, -0.2) is 0 Å². The van der Waals surface area contributed by atoms with E-state index in [1.54, 1.807) is 4.90 Å². The summed E-state index contributed by atoms with van der Waals surface area (Å²) in [6, 6.07) is -0.288. The third kappa shape index (κ3) is 5.06. The van der Waals surface area contributed by atoms with Crippen LogP contribution in [-0.2, 0) is 37.5 Å². The zero-order chi connectivity index (χ0) is 9.72. The predicted octanol–water partition coefficient (Wildman–Crippen LogP) is -0.673. The SMILES string of the molecule is [CH2-]CN([CH2-])C(=O)[C@H](CN)N(C)C.[Y]. The Morgan fingerprint density at radius 1 is 1.54 bits per heavy atom. The van der Waals surface area contributed by atoms with Gasteiger partial charge < -0.3 is 17.6 Å². The Kier molecular flexibility index (Phi) is 9.64. The molecule has 13 heavy (non-hydrogen) atoms. The number of hydrogen-bond donors (Lipinski definition) is 1. The Balaban J connectivity index is 0. The van der Waals surface area contributed by atoms with Crippen LogP contribution in [0.1, 0.15) is 0 Å². The van der Waals surface area contributed by atoms with Crippen LogP contribution in [0.15, 0.2) is 0 Å². The molecule has 0 heterocycles. The second kappa shape index (κ2) is 7.86. The fourth-order valence-corrected chi connectivity index (χ4v) is 0.853. The van der Waals surface area contributed by atoms with Crippen molar-refractivity contribution in [2.45, 2.75) is 6.04 Å². The van der Waals surface area contributed by atoms with Crippen molar-refractivity contribution < 1.29 is 37.5 Å². The molecule has 2 N–H and O–H groups in total. The van der Waals surface area contributed by atoms with Gasteiger partial charge in [0.15, 0.2) is 0 Å².